The fourth-order valence-electron chi connectivity index (χ4n) is 2.57. The predicted octanol–water partition coefficient (Wildman–Crippen LogP) is 2.31. The van der Waals surface area contributed by atoms with Crippen LogP contribution in [0.2, 0.25) is 0 Å². The topological polar surface area (TPSA) is 81.1 Å². The SMILES string of the molecule is CC(C)n1ncc2cc(NC(=O)NC[C@@H]3CCCO3)cnc21. The maximum atomic E-state index is 11.9. The lowest BCUT2D eigenvalue weighted by molar-refractivity contribution is 0.112. The Labute approximate surface area is 129 Å². The van der Waals surface area contributed by atoms with E-state index < -0.39 is 0 Å². The average molecular weight is 303 g/mol. The molecule has 1 fully saturated rings. The lowest BCUT2D eigenvalue weighted by Crippen LogP contribution is -2.35. The minimum Gasteiger partial charge on any atom is -0.376 e. The molecule has 118 valence electrons. The van der Waals surface area contributed by atoms with Crippen LogP contribution in [0.1, 0.15) is 32.7 Å². The Hall–Kier alpha value is -2.15. The third-order valence-corrected chi connectivity index (χ3v) is 3.69. The molecule has 2 N–H and O–H groups in total. The summed E-state index contributed by atoms with van der Waals surface area (Å²) < 4.78 is 7.33. The lowest BCUT2D eigenvalue weighted by Gasteiger charge is -2.12. The number of hydrogen-bond acceptors (Lipinski definition) is 4. The van der Waals surface area contributed by atoms with E-state index in [9.17, 15) is 4.79 Å². The molecule has 7 heteroatoms. The quantitative estimate of drug-likeness (QED) is 0.908. The number of carbonyl (C=O) groups is 1. The second kappa shape index (κ2) is 6.31. The Bertz CT molecular complexity index is 661. The van der Waals surface area contributed by atoms with E-state index in [0.717, 1.165) is 30.5 Å². The number of nitrogens with zero attached hydrogens (tertiary/aromatic N) is 3. The molecule has 1 aliphatic rings. The zero-order valence-corrected chi connectivity index (χ0v) is 12.9. The number of carbonyl (C=O) groups excluding carboxylic acids is 1. The second-order valence-corrected chi connectivity index (χ2v) is 5.79. The highest BCUT2D eigenvalue weighted by Crippen LogP contribution is 2.19. The minimum atomic E-state index is -0.243. The summed E-state index contributed by atoms with van der Waals surface area (Å²) >= 11 is 0. The number of nitrogens with one attached hydrogen (secondary N) is 2. The van der Waals surface area contributed by atoms with E-state index >= 15 is 0 Å². The van der Waals surface area contributed by atoms with Crippen LogP contribution in [-0.4, -0.2) is 40.1 Å². The molecule has 0 radical (unpaired) electrons. The predicted molar refractivity (Wildman–Crippen MR) is 83.9 cm³/mol. The number of rotatable bonds is 4. The zero-order valence-electron chi connectivity index (χ0n) is 12.9. The largest absolute Gasteiger partial charge is 0.376 e. The highest BCUT2D eigenvalue weighted by Gasteiger charge is 2.16. The van der Waals surface area contributed by atoms with Crippen molar-refractivity contribution < 1.29 is 9.53 Å². The summed E-state index contributed by atoms with van der Waals surface area (Å²) in [6.45, 7) is 5.43. The summed E-state index contributed by atoms with van der Waals surface area (Å²) in [5.74, 6) is 0. The Morgan fingerprint density at radius 1 is 1.50 bits per heavy atom. The second-order valence-electron chi connectivity index (χ2n) is 5.79. The van der Waals surface area contributed by atoms with E-state index in [4.69, 9.17) is 4.74 Å². The molecular formula is C15H21N5O2. The van der Waals surface area contributed by atoms with Gasteiger partial charge in [-0.3, -0.25) is 0 Å². The van der Waals surface area contributed by atoms with Crippen molar-refractivity contribution in [2.24, 2.45) is 0 Å². The molecule has 0 spiro atoms. The number of ether oxygens (including phenoxy) is 1. The lowest BCUT2D eigenvalue weighted by atomic mass is 10.2. The van der Waals surface area contributed by atoms with Crippen LogP contribution in [-0.2, 0) is 4.74 Å². The van der Waals surface area contributed by atoms with E-state index in [1.807, 2.05) is 10.7 Å². The number of pyridine rings is 1. The molecule has 1 saturated heterocycles. The van der Waals surface area contributed by atoms with Crippen LogP contribution >= 0.6 is 0 Å². The van der Waals surface area contributed by atoms with Crippen molar-refractivity contribution in [1.82, 2.24) is 20.1 Å². The average Bonchev–Trinajstić information content (AvgIpc) is 3.14. The fourth-order valence-corrected chi connectivity index (χ4v) is 2.57. The van der Waals surface area contributed by atoms with Crippen molar-refractivity contribution in [3.8, 4) is 0 Å². The van der Waals surface area contributed by atoms with Gasteiger partial charge >= 0.3 is 6.03 Å². The third-order valence-electron chi connectivity index (χ3n) is 3.69. The smallest absolute Gasteiger partial charge is 0.319 e. The van der Waals surface area contributed by atoms with Gasteiger partial charge in [0.05, 0.1) is 24.2 Å². The molecule has 0 aliphatic carbocycles. The Morgan fingerprint density at radius 2 is 2.36 bits per heavy atom. The summed E-state index contributed by atoms with van der Waals surface area (Å²) in [6.07, 6.45) is 5.61. The Kier molecular flexibility index (Phi) is 4.24. The van der Waals surface area contributed by atoms with E-state index in [0.29, 0.717) is 12.2 Å². The van der Waals surface area contributed by atoms with Crippen LogP contribution < -0.4 is 10.6 Å². The number of anilines is 1. The Morgan fingerprint density at radius 3 is 3.09 bits per heavy atom. The van der Waals surface area contributed by atoms with Gasteiger partial charge < -0.3 is 15.4 Å². The number of amides is 2. The summed E-state index contributed by atoms with van der Waals surface area (Å²) in [5.41, 5.74) is 1.47. The molecule has 1 atom stereocenters. The van der Waals surface area contributed by atoms with Crippen molar-refractivity contribution in [2.75, 3.05) is 18.5 Å². The molecule has 3 rings (SSSR count). The molecule has 0 unspecified atom stereocenters. The standard InChI is InChI=1S/C15H21N5O2/c1-10(2)20-14-11(7-18-20)6-12(8-16-14)19-15(21)17-9-13-4-3-5-22-13/h6-8,10,13H,3-5,9H2,1-2H3,(H2,17,19,21)/t13-/m0/s1. The molecule has 2 aromatic heterocycles. The third kappa shape index (κ3) is 3.19. The fraction of sp³-hybridized carbons (Fsp3) is 0.533. The Balaban J connectivity index is 1.62. The van der Waals surface area contributed by atoms with Crippen LogP contribution in [0.15, 0.2) is 18.5 Å². The number of urea groups is 1. The van der Waals surface area contributed by atoms with Gasteiger partial charge in [-0.2, -0.15) is 5.10 Å². The highest BCUT2D eigenvalue weighted by molar-refractivity contribution is 5.91. The van der Waals surface area contributed by atoms with E-state index in [1.165, 1.54) is 0 Å². The van der Waals surface area contributed by atoms with Crippen LogP contribution in [0.4, 0.5) is 10.5 Å². The van der Waals surface area contributed by atoms with Gasteiger partial charge in [-0.25, -0.2) is 14.5 Å². The van der Waals surface area contributed by atoms with Gasteiger partial charge in [0.15, 0.2) is 5.65 Å². The first-order chi connectivity index (χ1) is 10.6. The van der Waals surface area contributed by atoms with Gasteiger partial charge in [0.25, 0.3) is 0 Å². The number of aromatic nitrogens is 3. The highest BCUT2D eigenvalue weighted by atomic mass is 16.5. The molecule has 2 amide bonds. The monoisotopic (exact) mass is 303 g/mol. The van der Waals surface area contributed by atoms with Crippen molar-refractivity contribution in [1.29, 1.82) is 0 Å². The van der Waals surface area contributed by atoms with E-state index in [1.54, 1.807) is 12.4 Å². The van der Waals surface area contributed by atoms with Crippen LogP contribution in [0.5, 0.6) is 0 Å². The van der Waals surface area contributed by atoms with Crippen LogP contribution in [0.3, 0.4) is 0 Å². The molecule has 0 bridgehead atoms. The van der Waals surface area contributed by atoms with Crippen molar-refractivity contribution in [2.45, 2.75) is 38.8 Å². The molecule has 0 aromatic carbocycles. The van der Waals surface area contributed by atoms with Gasteiger partial charge in [-0.1, -0.05) is 0 Å². The van der Waals surface area contributed by atoms with Gasteiger partial charge in [-0.05, 0) is 32.8 Å². The number of hydrogen-bond donors (Lipinski definition) is 2. The molecule has 7 nitrogen and oxygen atoms in total. The molecule has 2 aromatic rings. The number of fused-ring (bicyclic) bond motifs is 1. The first-order valence-corrected chi connectivity index (χ1v) is 7.63. The molecule has 22 heavy (non-hydrogen) atoms. The minimum absolute atomic E-state index is 0.135. The maximum Gasteiger partial charge on any atom is 0.319 e. The molecular weight excluding hydrogens is 282 g/mol. The van der Waals surface area contributed by atoms with Gasteiger partial charge in [0.1, 0.15) is 0 Å². The van der Waals surface area contributed by atoms with Gasteiger partial charge in [0, 0.05) is 24.6 Å². The molecule has 1 aliphatic heterocycles. The van der Waals surface area contributed by atoms with E-state index in [2.05, 4.69) is 34.6 Å². The molecule has 0 saturated carbocycles. The van der Waals surface area contributed by atoms with Crippen molar-refractivity contribution >= 4 is 22.8 Å². The van der Waals surface area contributed by atoms with Crippen LogP contribution in [0, 0.1) is 0 Å². The van der Waals surface area contributed by atoms with Gasteiger partial charge in [0.2, 0.25) is 0 Å². The summed E-state index contributed by atoms with van der Waals surface area (Å²) in [7, 11) is 0. The summed E-state index contributed by atoms with van der Waals surface area (Å²) in [6, 6.07) is 1.88. The maximum absolute atomic E-state index is 11.9. The summed E-state index contributed by atoms with van der Waals surface area (Å²) in [4.78, 5) is 16.3. The first kappa shape index (κ1) is 14.8. The normalized spacial score (nSPS) is 18.0. The van der Waals surface area contributed by atoms with Crippen molar-refractivity contribution in [3.63, 3.8) is 0 Å². The van der Waals surface area contributed by atoms with Crippen molar-refractivity contribution in [3.05, 3.63) is 18.5 Å². The summed E-state index contributed by atoms with van der Waals surface area (Å²) in [5, 5.41) is 10.8. The van der Waals surface area contributed by atoms with E-state index in [-0.39, 0.29) is 18.2 Å². The molecule has 3 heterocycles. The first-order valence-electron chi connectivity index (χ1n) is 7.63. The van der Waals surface area contributed by atoms with Crippen LogP contribution in [0.25, 0.3) is 11.0 Å². The van der Waals surface area contributed by atoms with Gasteiger partial charge in [-0.15, -0.1) is 0 Å². The zero-order chi connectivity index (χ0) is 15.5.